The maximum atomic E-state index is 10.8. The molecule has 17 heavy (non-hydrogen) atoms. The molecule has 88 valence electrons. The van der Waals surface area contributed by atoms with Gasteiger partial charge in [-0.25, -0.2) is 9.78 Å². The second-order valence-electron chi connectivity index (χ2n) is 3.44. The van der Waals surface area contributed by atoms with Gasteiger partial charge in [-0.2, -0.15) is 0 Å². The fourth-order valence-corrected chi connectivity index (χ4v) is 1.94. The predicted octanol–water partition coefficient (Wildman–Crippen LogP) is 2.04. The normalized spacial score (nSPS) is 10.1. The van der Waals surface area contributed by atoms with Crippen LogP contribution in [0.15, 0.2) is 29.1 Å². The first-order valence-electron chi connectivity index (χ1n) is 4.90. The first kappa shape index (κ1) is 11.4. The Bertz CT molecular complexity index is 526. The second-order valence-corrected chi connectivity index (χ2v) is 4.16. The number of aromatic carboxylic acids is 1. The van der Waals surface area contributed by atoms with Gasteiger partial charge in [-0.15, -0.1) is 11.3 Å². The highest BCUT2D eigenvalue weighted by Gasteiger charge is 2.07. The minimum Gasteiger partial charge on any atom is -0.478 e. The molecule has 0 saturated heterocycles. The van der Waals surface area contributed by atoms with E-state index in [0.717, 1.165) is 11.4 Å². The van der Waals surface area contributed by atoms with Crippen molar-refractivity contribution in [1.82, 2.24) is 4.98 Å². The third-order valence-electron chi connectivity index (χ3n) is 2.24. The highest BCUT2D eigenvalue weighted by molar-refractivity contribution is 7.07. The Hall–Kier alpha value is -2.08. The monoisotopic (exact) mass is 249 g/mol. The summed E-state index contributed by atoms with van der Waals surface area (Å²) in [5, 5.41) is 13.9. The first-order valence-corrected chi connectivity index (χ1v) is 5.85. The number of nitrogens with zero attached hydrogens (tertiary/aromatic N) is 1. The lowest BCUT2D eigenvalue weighted by atomic mass is 10.1. The van der Waals surface area contributed by atoms with Gasteiger partial charge in [0.15, 0.2) is 0 Å². The molecule has 0 amide bonds. The van der Waals surface area contributed by atoms with Crippen molar-refractivity contribution in [1.29, 1.82) is 0 Å². The maximum absolute atomic E-state index is 10.8. The standard InChI is InChI=1S/C11H11N3O2S/c12-10-3-7(1-2-9(10)11(15)16)13-4-8-5-17-6-14-8/h1-3,5-6,13H,4,12H2,(H,15,16). The van der Waals surface area contributed by atoms with Gasteiger partial charge in [0, 0.05) is 16.8 Å². The van der Waals surface area contributed by atoms with Crippen LogP contribution in [0.4, 0.5) is 11.4 Å². The van der Waals surface area contributed by atoms with E-state index in [9.17, 15) is 4.79 Å². The van der Waals surface area contributed by atoms with Gasteiger partial charge in [0.25, 0.3) is 0 Å². The quantitative estimate of drug-likeness (QED) is 0.721. The van der Waals surface area contributed by atoms with Crippen molar-refractivity contribution in [2.75, 3.05) is 11.1 Å². The maximum Gasteiger partial charge on any atom is 0.337 e. The average molecular weight is 249 g/mol. The van der Waals surface area contributed by atoms with E-state index < -0.39 is 5.97 Å². The van der Waals surface area contributed by atoms with Crippen LogP contribution in [0.5, 0.6) is 0 Å². The minimum absolute atomic E-state index is 0.115. The molecule has 1 aromatic heterocycles. The van der Waals surface area contributed by atoms with Gasteiger partial charge in [0.1, 0.15) is 0 Å². The number of rotatable bonds is 4. The van der Waals surface area contributed by atoms with E-state index in [1.807, 2.05) is 5.38 Å². The molecule has 2 aromatic rings. The zero-order chi connectivity index (χ0) is 12.3. The smallest absolute Gasteiger partial charge is 0.337 e. The number of nitrogens with two attached hydrogens (primary N) is 1. The molecular weight excluding hydrogens is 238 g/mol. The Morgan fingerprint density at radius 1 is 1.53 bits per heavy atom. The molecule has 5 nitrogen and oxygen atoms in total. The van der Waals surface area contributed by atoms with Crippen LogP contribution in [-0.4, -0.2) is 16.1 Å². The summed E-state index contributed by atoms with van der Waals surface area (Å²) >= 11 is 1.53. The van der Waals surface area contributed by atoms with E-state index in [1.165, 1.54) is 17.4 Å². The van der Waals surface area contributed by atoms with Crippen LogP contribution in [0.3, 0.4) is 0 Å². The van der Waals surface area contributed by atoms with Crippen LogP contribution in [0.2, 0.25) is 0 Å². The van der Waals surface area contributed by atoms with Crippen molar-refractivity contribution in [2.45, 2.75) is 6.54 Å². The third kappa shape index (κ3) is 2.73. The Morgan fingerprint density at radius 2 is 2.35 bits per heavy atom. The molecule has 2 rings (SSSR count). The second kappa shape index (κ2) is 4.84. The van der Waals surface area contributed by atoms with Crippen LogP contribution in [0, 0.1) is 0 Å². The summed E-state index contributed by atoms with van der Waals surface area (Å²) in [6, 6.07) is 4.78. The number of aromatic nitrogens is 1. The SMILES string of the molecule is Nc1cc(NCc2cscn2)ccc1C(=O)O. The summed E-state index contributed by atoms with van der Waals surface area (Å²) in [5.41, 5.74) is 9.48. The van der Waals surface area contributed by atoms with Crippen molar-refractivity contribution >= 4 is 28.7 Å². The molecule has 4 N–H and O–H groups in total. The van der Waals surface area contributed by atoms with Crippen LogP contribution in [-0.2, 0) is 6.54 Å². The number of nitrogen functional groups attached to an aromatic ring is 1. The molecule has 1 heterocycles. The van der Waals surface area contributed by atoms with E-state index in [2.05, 4.69) is 10.3 Å². The van der Waals surface area contributed by atoms with Gasteiger partial charge in [-0.05, 0) is 18.2 Å². The van der Waals surface area contributed by atoms with Gasteiger partial charge in [-0.1, -0.05) is 0 Å². The van der Waals surface area contributed by atoms with Crippen molar-refractivity contribution in [2.24, 2.45) is 0 Å². The number of anilines is 2. The Labute approximate surface area is 102 Å². The lowest BCUT2D eigenvalue weighted by molar-refractivity contribution is 0.0698. The van der Waals surface area contributed by atoms with E-state index in [-0.39, 0.29) is 11.3 Å². The molecule has 0 aliphatic heterocycles. The van der Waals surface area contributed by atoms with Crippen molar-refractivity contribution in [3.63, 3.8) is 0 Å². The van der Waals surface area contributed by atoms with Crippen LogP contribution >= 0.6 is 11.3 Å². The fraction of sp³-hybridized carbons (Fsp3) is 0.0909. The molecule has 0 radical (unpaired) electrons. The largest absolute Gasteiger partial charge is 0.478 e. The Balaban J connectivity index is 2.07. The minimum atomic E-state index is -1.02. The van der Waals surface area contributed by atoms with E-state index >= 15 is 0 Å². The van der Waals surface area contributed by atoms with Crippen molar-refractivity contribution in [3.8, 4) is 0 Å². The number of thiazole rings is 1. The predicted molar refractivity (Wildman–Crippen MR) is 67.3 cm³/mol. The number of benzene rings is 1. The third-order valence-corrected chi connectivity index (χ3v) is 2.87. The zero-order valence-electron chi connectivity index (χ0n) is 8.88. The molecule has 0 bridgehead atoms. The van der Waals surface area contributed by atoms with Gasteiger partial charge in [-0.3, -0.25) is 0 Å². The molecule has 1 aromatic carbocycles. The van der Waals surface area contributed by atoms with Gasteiger partial charge in [0.05, 0.1) is 23.3 Å². The summed E-state index contributed by atoms with van der Waals surface area (Å²) in [6.07, 6.45) is 0. The summed E-state index contributed by atoms with van der Waals surface area (Å²) in [7, 11) is 0. The van der Waals surface area contributed by atoms with E-state index in [0.29, 0.717) is 6.54 Å². The summed E-state index contributed by atoms with van der Waals surface area (Å²) < 4.78 is 0. The topological polar surface area (TPSA) is 88.2 Å². The van der Waals surface area contributed by atoms with Gasteiger partial charge < -0.3 is 16.2 Å². The molecule has 0 saturated carbocycles. The number of hydrogen-bond acceptors (Lipinski definition) is 5. The number of carbonyl (C=O) groups is 1. The van der Waals surface area contributed by atoms with Crippen LogP contribution < -0.4 is 11.1 Å². The fourth-order valence-electron chi connectivity index (χ4n) is 1.38. The summed E-state index contributed by atoms with van der Waals surface area (Å²) in [6.45, 7) is 0.593. The number of nitrogens with one attached hydrogen (secondary N) is 1. The lowest BCUT2D eigenvalue weighted by Crippen LogP contribution is -2.04. The lowest BCUT2D eigenvalue weighted by Gasteiger charge is -2.07. The molecule has 0 aliphatic carbocycles. The van der Waals surface area contributed by atoms with Crippen LogP contribution in [0.25, 0.3) is 0 Å². The zero-order valence-corrected chi connectivity index (χ0v) is 9.70. The van der Waals surface area contributed by atoms with Crippen molar-refractivity contribution in [3.05, 3.63) is 40.3 Å². The summed E-state index contributed by atoms with van der Waals surface area (Å²) in [4.78, 5) is 14.9. The molecule has 0 spiro atoms. The van der Waals surface area contributed by atoms with Gasteiger partial charge >= 0.3 is 5.97 Å². The number of hydrogen-bond donors (Lipinski definition) is 3. The average Bonchev–Trinajstić information content (AvgIpc) is 2.78. The highest BCUT2D eigenvalue weighted by atomic mass is 32.1. The molecule has 6 heteroatoms. The number of carboxylic acid groups (broad SMARTS) is 1. The van der Waals surface area contributed by atoms with E-state index in [4.69, 9.17) is 10.8 Å². The molecule has 0 fully saturated rings. The Morgan fingerprint density at radius 3 is 2.94 bits per heavy atom. The Kier molecular flexibility index (Phi) is 3.24. The van der Waals surface area contributed by atoms with Gasteiger partial charge in [0.2, 0.25) is 0 Å². The highest BCUT2D eigenvalue weighted by Crippen LogP contribution is 2.18. The molecular formula is C11H11N3O2S. The van der Waals surface area contributed by atoms with Crippen molar-refractivity contribution < 1.29 is 9.90 Å². The van der Waals surface area contributed by atoms with E-state index in [1.54, 1.807) is 17.6 Å². The number of carboxylic acids is 1. The first-order chi connectivity index (χ1) is 8.16. The molecule has 0 unspecified atom stereocenters. The molecule has 0 aliphatic rings. The van der Waals surface area contributed by atoms with Crippen LogP contribution in [0.1, 0.15) is 16.1 Å². The summed E-state index contributed by atoms with van der Waals surface area (Å²) in [5.74, 6) is -1.02. The molecule has 0 atom stereocenters.